The highest BCUT2D eigenvalue weighted by Gasteiger charge is 2.28. The highest BCUT2D eigenvalue weighted by molar-refractivity contribution is 5.58. The van der Waals surface area contributed by atoms with Gasteiger partial charge in [-0.1, -0.05) is 150 Å². The summed E-state index contributed by atoms with van der Waals surface area (Å²) in [5, 5.41) is 6.56. The molecule has 2 nitrogen and oxygen atoms in total. The number of hydrogen-bond acceptors (Lipinski definition) is 2. The standard InChI is InChI=1S/C21H28.C19H26N2.C17H20/c1-13-9-11-19(17(5)15(13)3)21(7,8)20-12-10-14(2)16(4)18(20)6;1-13-7-9-15(11-17(13)20-5)19(3,4)16-10-8-14(2)18(12-16)21-6;1-13-5-9-15(10-6-13)17(3,4)16-11-7-14(2)8-12-16/h9-12H,1-8H3;7-12,20-21H,1-6H3;5-12H,1-4H3. The predicted octanol–water partition coefficient (Wildman–Crippen LogP) is 15.2. The van der Waals surface area contributed by atoms with E-state index >= 15 is 0 Å². The topological polar surface area (TPSA) is 24.1 Å². The van der Waals surface area contributed by atoms with Gasteiger partial charge in [-0.05, 0) is 159 Å². The van der Waals surface area contributed by atoms with E-state index in [4.69, 9.17) is 0 Å². The second kappa shape index (κ2) is 18.9. The van der Waals surface area contributed by atoms with Crippen LogP contribution in [0.1, 0.15) is 131 Å². The molecule has 0 bridgehead atoms. The van der Waals surface area contributed by atoms with Gasteiger partial charge in [0.25, 0.3) is 0 Å². The van der Waals surface area contributed by atoms with Gasteiger partial charge in [0.1, 0.15) is 0 Å². The molecule has 0 unspecified atom stereocenters. The van der Waals surface area contributed by atoms with Crippen LogP contribution in [-0.2, 0) is 16.2 Å². The summed E-state index contributed by atoms with van der Waals surface area (Å²) in [6, 6.07) is 40.2. The molecule has 0 aromatic heterocycles. The fourth-order valence-corrected chi connectivity index (χ4v) is 8.25. The first-order valence-electron chi connectivity index (χ1n) is 21.4. The molecule has 6 aromatic rings. The van der Waals surface area contributed by atoms with Crippen molar-refractivity contribution in [3.8, 4) is 0 Å². The van der Waals surface area contributed by atoms with Gasteiger partial charge in [0, 0.05) is 41.7 Å². The van der Waals surface area contributed by atoms with Crippen LogP contribution in [0, 0.1) is 69.2 Å². The second-order valence-corrected chi connectivity index (χ2v) is 18.5. The van der Waals surface area contributed by atoms with Crippen molar-refractivity contribution in [3.63, 3.8) is 0 Å². The number of hydrogen-bond donors (Lipinski definition) is 2. The summed E-state index contributed by atoms with van der Waals surface area (Å²) in [4.78, 5) is 0. The molecule has 2 heteroatoms. The van der Waals surface area contributed by atoms with Crippen LogP contribution < -0.4 is 10.6 Å². The lowest BCUT2D eigenvalue weighted by molar-refractivity contribution is 0.629. The maximum Gasteiger partial charge on any atom is 0.0370 e. The largest absolute Gasteiger partial charge is 0.388 e. The Hall–Kier alpha value is -5.08. The molecular formula is C57H74N2. The van der Waals surface area contributed by atoms with E-state index in [1.807, 2.05) is 14.1 Å². The molecule has 0 aliphatic rings. The van der Waals surface area contributed by atoms with E-state index in [-0.39, 0.29) is 16.2 Å². The molecule has 0 amide bonds. The van der Waals surface area contributed by atoms with Crippen molar-refractivity contribution in [2.75, 3.05) is 24.7 Å². The maximum atomic E-state index is 3.28. The first-order valence-corrected chi connectivity index (χ1v) is 21.4. The van der Waals surface area contributed by atoms with Gasteiger partial charge in [-0.25, -0.2) is 0 Å². The molecule has 0 atom stereocenters. The minimum atomic E-state index is -0.0292. The Kier molecular flexibility index (Phi) is 14.9. The molecule has 0 spiro atoms. The van der Waals surface area contributed by atoms with Crippen molar-refractivity contribution in [3.05, 3.63) is 198 Å². The molecule has 0 aliphatic heterocycles. The summed E-state index contributed by atoms with van der Waals surface area (Å²) in [5.74, 6) is 0. The Labute approximate surface area is 359 Å². The van der Waals surface area contributed by atoms with Gasteiger partial charge in [-0.2, -0.15) is 0 Å². The average Bonchev–Trinajstić information content (AvgIpc) is 3.20. The molecule has 312 valence electrons. The van der Waals surface area contributed by atoms with Gasteiger partial charge in [0.2, 0.25) is 0 Å². The summed E-state index contributed by atoms with van der Waals surface area (Å²) < 4.78 is 0. The van der Waals surface area contributed by atoms with Crippen molar-refractivity contribution in [1.29, 1.82) is 0 Å². The molecule has 6 aromatic carbocycles. The van der Waals surface area contributed by atoms with Crippen molar-refractivity contribution in [1.82, 2.24) is 0 Å². The van der Waals surface area contributed by atoms with Crippen molar-refractivity contribution in [2.45, 2.75) is 127 Å². The van der Waals surface area contributed by atoms with Crippen LogP contribution in [0.4, 0.5) is 11.4 Å². The van der Waals surface area contributed by atoms with E-state index in [0.717, 1.165) is 0 Å². The third-order valence-electron chi connectivity index (χ3n) is 13.5. The van der Waals surface area contributed by atoms with Gasteiger partial charge in [0.05, 0.1) is 0 Å². The van der Waals surface area contributed by atoms with Crippen LogP contribution in [0.3, 0.4) is 0 Å². The van der Waals surface area contributed by atoms with Crippen LogP contribution in [0.25, 0.3) is 0 Å². The predicted molar refractivity (Wildman–Crippen MR) is 261 cm³/mol. The lowest BCUT2D eigenvalue weighted by atomic mass is 9.72. The van der Waals surface area contributed by atoms with Gasteiger partial charge in [-0.3, -0.25) is 0 Å². The lowest BCUT2D eigenvalue weighted by Crippen LogP contribution is -2.22. The SMILES string of the molecule is CNc1cc(C(C)(C)c2ccc(C)c(NC)c2)ccc1C.Cc1ccc(C(C)(C)c2ccc(C)c(C)c2C)c(C)c1C.Cc1ccc(C(C)(C)c2ccc(C)cc2)cc1. The van der Waals surface area contributed by atoms with E-state index in [9.17, 15) is 0 Å². The van der Waals surface area contributed by atoms with Crippen molar-refractivity contribution < 1.29 is 0 Å². The number of anilines is 2. The highest BCUT2D eigenvalue weighted by Crippen LogP contribution is 2.39. The number of benzene rings is 6. The zero-order valence-electron chi connectivity index (χ0n) is 39.9. The van der Waals surface area contributed by atoms with Crippen molar-refractivity contribution in [2.24, 2.45) is 0 Å². The number of aryl methyl sites for hydroxylation is 6. The van der Waals surface area contributed by atoms with Gasteiger partial charge in [-0.15, -0.1) is 0 Å². The van der Waals surface area contributed by atoms with Gasteiger partial charge >= 0.3 is 0 Å². The Morgan fingerprint density at radius 2 is 0.593 bits per heavy atom. The fraction of sp³-hybridized carbons (Fsp3) is 0.368. The maximum absolute atomic E-state index is 3.28. The fourth-order valence-electron chi connectivity index (χ4n) is 8.25. The second-order valence-electron chi connectivity index (χ2n) is 18.5. The molecule has 0 aliphatic carbocycles. The van der Waals surface area contributed by atoms with Crippen LogP contribution in [-0.4, -0.2) is 14.1 Å². The van der Waals surface area contributed by atoms with E-state index in [2.05, 4.69) is 231 Å². The molecular weight excluding hydrogens is 713 g/mol. The normalized spacial score (nSPS) is 11.6. The molecule has 59 heavy (non-hydrogen) atoms. The van der Waals surface area contributed by atoms with E-state index in [0.29, 0.717) is 0 Å². The Morgan fingerprint density at radius 3 is 0.915 bits per heavy atom. The molecule has 0 radical (unpaired) electrons. The summed E-state index contributed by atoms with van der Waals surface area (Å²) in [7, 11) is 3.95. The van der Waals surface area contributed by atoms with E-state index < -0.39 is 0 Å². The molecule has 0 saturated heterocycles. The zero-order chi connectivity index (χ0) is 44.0. The summed E-state index contributed by atoms with van der Waals surface area (Å²) in [5.41, 5.74) is 24.4. The number of rotatable bonds is 8. The third kappa shape index (κ3) is 10.4. The summed E-state index contributed by atoms with van der Waals surface area (Å²) >= 11 is 0. The van der Waals surface area contributed by atoms with E-state index in [1.54, 1.807) is 0 Å². The highest BCUT2D eigenvalue weighted by atomic mass is 14.8. The van der Waals surface area contributed by atoms with Crippen LogP contribution in [0.15, 0.2) is 109 Å². The monoisotopic (exact) mass is 787 g/mol. The molecule has 0 fully saturated rings. The van der Waals surface area contributed by atoms with Gasteiger partial charge in [0.15, 0.2) is 0 Å². The minimum Gasteiger partial charge on any atom is -0.388 e. The molecule has 0 saturated carbocycles. The Bertz CT molecular complexity index is 2190. The van der Waals surface area contributed by atoms with Crippen LogP contribution >= 0.6 is 0 Å². The minimum absolute atomic E-state index is 0.0292. The average molecular weight is 787 g/mol. The first kappa shape index (κ1) is 46.6. The van der Waals surface area contributed by atoms with E-state index in [1.165, 1.54) is 100 Å². The van der Waals surface area contributed by atoms with Gasteiger partial charge < -0.3 is 10.6 Å². The quantitative estimate of drug-likeness (QED) is 0.161. The molecule has 0 heterocycles. The molecule has 6 rings (SSSR count). The smallest absolute Gasteiger partial charge is 0.0370 e. The lowest BCUT2D eigenvalue weighted by Gasteiger charge is -2.31. The summed E-state index contributed by atoms with van der Waals surface area (Å²) in [6.07, 6.45) is 0. The zero-order valence-corrected chi connectivity index (χ0v) is 39.9. The Morgan fingerprint density at radius 1 is 0.305 bits per heavy atom. The van der Waals surface area contributed by atoms with Crippen LogP contribution in [0.5, 0.6) is 0 Å². The Balaban J connectivity index is 0.000000197. The first-order chi connectivity index (χ1) is 27.6. The third-order valence-corrected chi connectivity index (χ3v) is 13.5. The summed E-state index contributed by atoms with van der Waals surface area (Å²) in [6.45, 7) is 35.7. The van der Waals surface area contributed by atoms with Crippen molar-refractivity contribution >= 4 is 11.4 Å². The number of nitrogens with one attached hydrogen (secondary N) is 2. The molecule has 2 N–H and O–H groups in total. The van der Waals surface area contributed by atoms with Crippen LogP contribution in [0.2, 0.25) is 0 Å².